The molecule has 1 fully saturated rings. The number of H-pyrrole nitrogens is 1. The first-order valence-electron chi connectivity index (χ1n) is 8.38. The highest BCUT2D eigenvalue weighted by molar-refractivity contribution is 7.98. The molecule has 1 saturated heterocycles. The number of hydrogen-bond donors (Lipinski definition) is 2. The maximum atomic E-state index is 12.5. The van der Waals surface area contributed by atoms with E-state index in [9.17, 15) is 4.79 Å². The molecule has 5 nitrogen and oxygen atoms in total. The van der Waals surface area contributed by atoms with E-state index in [-0.39, 0.29) is 11.9 Å². The van der Waals surface area contributed by atoms with Crippen LogP contribution in [0.3, 0.4) is 0 Å². The van der Waals surface area contributed by atoms with Gasteiger partial charge in [0, 0.05) is 54.9 Å². The summed E-state index contributed by atoms with van der Waals surface area (Å²) in [6.45, 7) is 3.28. The van der Waals surface area contributed by atoms with E-state index in [4.69, 9.17) is 0 Å². The molecule has 0 radical (unpaired) electrons. The fourth-order valence-corrected chi connectivity index (χ4v) is 3.46. The molecule has 0 spiro atoms. The maximum absolute atomic E-state index is 12.5. The highest BCUT2D eigenvalue weighted by atomic mass is 32.2. The van der Waals surface area contributed by atoms with Crippen molar-refractivity contribution in [2.24, 2.45) is 0 Å². The molecule has 1 aromatic heterocycles. The third kappa shape index (κ3) is 4.39. The van der Waals surface area contributed by atoms with E-state index in [1.54, 1.807) is 12.4 Å². The number of piperidine rings is 1. The average molecular weight is 344 g/mol. The van der Waals surface area contributed by atoms with Crippen LogP contribution in [-0.4, -0.2) is 58.5 Å². The summed E-state index contributed by atoms with van der Waals surface area (Å²) >= 11 is 1.89. The standard InChI is InChI=1S/C18H24N4OS/c1-24-12-11-22-9-5-16(6-10-22)21-18(23)15-4-2-3-14(13-15)17-19-7-8-20-17/h2-4,7-8,13,16H,5-6,9-12H2,1H3,(H,19,20)(H,21,23). The van der Waals surface area contributed by atoms with Crippen LogP contribution in [-0.2, 0) is 0 Å². The zero-order valence-corrected chi connectivity index (χ0v) is 14.8. The van der Waals surface area contributed by atoms with Crippen LogP contribution in [0.1, 0.15) is 23.2 Å². The lowest BCUT2D eigenvalue weighted by Gasteiger charge is -2.32. The first-order valence-corrected chi connectivity index (χ1v) is 9.77. The Morgan fingerprint density at radius 2 is 2.25 bits per heavy atom. The minimum Gasteiger partial charge on any atom is -0.349 e. The van der Waals surface area contributed by atoms with Crippen molar-refractivity contribution in [3.05, 3.63) is 42.2 Å². The number of amides is 1. The molecule has 2 N–H and O–H groups in total. The number of aromatic amines is 1. The first kappa shape index (κ1) is 17.0. The van der Waals surface area contributed by atoms with Crippen LogP contribution < -0.4 is 5.32 Å². The highest BCUT2D eigenvalue weighted by Crippen LogP contribution is 2.17. The van der Waals surface area contributed by atoms with Crippen LogP contribution in [0.4, 0.5) is 0 Å². The molecule has 0 bridgehead atoms. The van der Waals surface area contributed by atoms with E-state index in [2.05, 4.69) is 26.4 Å². The number of carbonyl (C=O) groups is 1. The van der Waals surface area contributed by atoms with Gasteiger partial charge in [0.2, 0.25) is 0 Å². The van der Waals surface area contributed by atoms with Crippen molar-refractivity contribution in [3.63, 3.8) is 0 Å². The molecule has 2 aromatic rings. The van der Waals surface area contributed by atoms with E-state index >= 15 is 0 Å². The van der Waals surface area contributed by atoms with Gasteiger partial charge in [-0.15, -0.1) is 0 Å². The molecule has 1 aromatic carbocycles. The number of carbonyl (C=O) groups excluding carboxylic acids is 1. The van der Waals surface area contributed by atoms with E-state index in [0.29, 0.717) is 5.56 Å². The summed E-state index contributed by atoms with van der Waals surface area (Å²) in [5.74, 6) is 1.97. The molecular formula is C18H24N4OS. The smallest absolute Gasteiger partial charge is 0.251 e. The van der Waals surface area contributed by atoms with Gasteiger partial charge in [-0.1, -0.05) is 12.1 Å². The Morgan fingerprint density at radius 3 is 2.96 bits per heavy atom. The number of thioether (sulfide) groups is 1. The molecule has 1 aliphatic rings. The Kier molecular flexibility index (Phi) is 5.93. The summed E-state index contributed by atoms with van der Waals surface area (Å²) in [7, 11) is 0. The number of rotatable bonds is 6. The van der Waals surface area contributed by atoms with E-state index in [0.717, 1.165) is 43.9 Å². The number of likely N-dealkylation sites (tertiary alicyclic amines) is 1. The van der Waals surface area contributed by atoms with Gasteiger partial charge < -0.3 is 15.2 Å². The Hall–Kier alpha value is -1.79. The van der Waals surface area contributed by atoms with Crippen molar-refractivity contribution < 1.29 is 4.79 Å². The van der Waals surface area contributed by atoms with Gasteiger partial charge >= 0.3 is 0 Å². The Bertz CT molecular complexity index is 651. The Labute approximate surface area is 147 Å². The number of imidazole rings is 1. The normalized spacial score (nSPS) is 16.2. The Balaban J connectivity index is 1.55. The zero-order chi connectivity index (χ0) is 16.8. The van der Waals surface area contributed by atoms with E-state index in [1.807, 2.05) is 36.0 Å². The Morgan fingerprint density at radius 1 is 1.42 bits per heavy atom. The number of benzene rings is 1. The zero-order valence-electron chi connectivity index (χ0n) is 14.0. The van der Waals surface area contributed by atoms with E-state index < -0.39 is 0 Å². The van der Waals surface area contributed by atoms with Crippen molar-refractivity contribution in [1.82, 2.24) is 20.2 Å². The lowest BCUT2D eigenvalue weighted by atomic mass is 10.0. The van der Waals surface area contributed by atoms with Gasteiger partial charge in [0.05, 0.1) is 0 Å². The predicted octanol–water partition coefficient (Wildman–Crippen LogP) is 2.63. The number of nitrogens with one attached hydrogen (secondary N) is 2. The molecule has 3 rings (SSSR count). The second-order valence-corrected chi connectivity index (χ2v) is 7.09. The second kappa shape index (κ2) is 8.35. The molecule has 6 heteroatoms. The summed E-state index contributed by atoms with van der Waals surface area (Å²) in [5.41, 5.74) is 1.62. The van der Waals surface area contributed by atoms with Gasteiger partial charge in [-0.3, -0.25) is 4.79 Å². The SMILES string of the molecule is CSCCN1CCC(NC(=O)c2cccc(-c3ncc[nH]3)c2)CC1. The molecule has 1 aliphatic heterocycles. The third-order valence-electron chi connectivity index (χ3n) is 4.43. The monoisotopic (exact) mass is 344 g/mol. The minimum atomic E-state index is 0.00553. The summed E-state index contributed by atoms with van der Waals surface area (Å²) in [5, 5.41) is 3.18. The molecule has 24 heavy (non-hydrogen) atoms. The van der Waals surface area contributed by atoms with Gasteiger partial charge in [0.25, 0.3) is 5.91 Å². The highest BCUT2D eigenvalue weighted by Gasteiger charge is 2.21. The molecule has 0 unspecified atom stereocenters. The van der Waals surface area contributed by atoms with Gasteiger partial charge in [-0.25, -0.2) is 4.98 Å². The lowest BCUT2D eigenvalue weighted by molar-refractivity contribution is 0.0913. The van der Waals surface area contributed by atoms with Crippen LogP contribution in [0.5, 0.6) is 0 Å². The summed E-state index contributed by atoms with van der Waals surface area (Å²) in [6, 6.07) is 7.88. The van der Waals surface area contributed by atoms with Crippen molar-refractivity contribution in [1.29, 1.82) is 0 Å². The lowest BCUT2D eigenvalue weighted by Crippen LogP contribution is -2.45. The maximum Gasteiger partial charge on any atom is 0.251 e. The van der Waals surface area contributed by atoms with E-state index in [1.165, 1.54) is 5.75 Å². The molecule has 0 aliphatic carbocycles. The molecule has 128 valence electrons. The van der Waals surface area contributed by atoms with Crippen LogP contribution >= 0.6 is 11.8 Å². The van der Waals surface area contributed by atoms with Gasteiger partial charge in [0.1, 0.15) is 5.82 Å². The van der Waals surface area contributed by atoms with Crippen LogP contribution in [0, 0.1) is 0 Å². The van der Waals surface area contributed by atoms with Crippen molar-refractivity contribution in [3.8, 4) is 11.4 Å². The van der Waals surface area contributed by atoms with Crippen LogP contribution in [0.2, 0.25) is 0 Å². The predicted molar refractivity (Wildman–Crippen MR) is 99.3 cm³/mol. The van der Waals surface area contributed by atoms with Crippen LogP contribution in [0.15, 0.2) is 36.7 Å². The number of aromatic nitrogens is 2. The largest absolute Gasteiger partial charge is 0.349 e. The second-order valence-electron chi connectivity index (χ2n) is 6.10. The fraction of sp³-hybridized carbons (Fsp3) is 0.444. The fourth-order valence-electron chi connectivity index (χ4n) is 3.02. The number of nitrogens with zero attached hydrogens (tertiary/aromatic N) is 2. The average Bonchev–Trinajstić information content (AvgIpc) is 3.16. The van der Waals surface area contributed by atoms with Crippen molar-refractivity contribution in [2.45, 2.75) is 18.9 Å². The van der Waals surface area contributed by atoms with Crippen LogP contribution in [0.25, 0.3) is 11.4 Å². The molecule has 1 amide bonds. The van der Waals surface area contributed by atoms with Crippen molar-refractivity contribution in [2.75, 3.05) is 31.6 Å². The van der Waals surface area contributed by atoms with Gasteiger partial charge in [-0.05, 0) is 31.2 Å². The number of hydrogen-bond acceptors (Lipinski definition) is 4. The molecule has 0 saturated carbocycles. The summed E-state index contributed by atoms with van der Waals surface area (Å²) in [4.78, 5) is 22.3. The topological polar surface area (TPSA) is 61.0 Å². The van der Waals surface area contributed by atoms with Gasteiger partial charge in [0.15, 0.2) is 0 Å². The first-order chi connectivity index (χ1) is 11.8. The molecule has 2 heterocycles. The van der Waals surface area contributed by atoms with Crippen molar-refractivity contribution >= 4 is 17.7 Å². The minimum absolute atomic E-state index is 0.00553. The summed E-state index contributed by atoms with van der Waals surface area (Å²) in [6.07, 6.45) is 7.69. The third-order valence-corrected chi connectivity index (χ3v) is 5.02. The van der Waals surface area contributed by atoms with Gasteiger partial charge in [-0.2, -0.15) is 11.8 Å². The quantitative estimate of drug-likeness (QED) is 0.846. The molecule has 0 atom stereocenters. The summed E-state index contributed by atoms with van der Waals surface area (Å²) < 4.78 is 0. The molecular weight excluding hydrogens is 320 g/mol.